The number of piperidine rings is 1. The van der Waals surface area contributed by atoms with Crippen LogP contribution in [0.4, 0.5) is 0 Å². The minimum absolute atomic E-state index is 0.0689. The highest BCUT2D eigenvalue weighted by atomic mass is 16.2. The van der Waals surface area contributed by atoms with Gasteiger partial charge in [0, 0.05) is 30.2 Å². The van der Waals surface area contributed by atoms with E-state index in [0.29, 0.717) is 18.7 Å². The molecule has 2 aliphatic heterocycles. The number of nitrogens with one attached hydrogen (secondary N) is 1. The zero-order valence-electron chi connectivity index (χ0n) is 17.7. The average Bonchev–Trinajstić information content (AvgIpc) is 3.17. The normalized spacial score (nSPS) is 18.0. The van der Waals surface area contributed by atoms with E-state index >= 15 is 0 Å². The molecule has 4 rings (SSSR count). The van der Waals surface area contributed by atoms with Gasteiger partial charge >= 0.3 is 0 Å². The Bertz CT molecular complexity index is 937. The smallest absolute Gasteiger partial charge is 0.295 e. The second kappa shape index (κ2) is 9.00. The molecule has 0 atom stereocenters. The van der Waals surface area contributed by atoms with Gasteiger partial charge in [-0.25, -0.2) is 0 Å². The molecule has 0 spiro atoms. The van der Waals surface area contributed by atoms with Crippen LogP contribution in [-0.2, 0) is 16.1 Å². The van der Waals surface area contributed by atoms with Gasteiger partial charge in [0.2, 0.25) is 5.91 Å². The summed E-state index contributed by atoms with van der Waals surface area (Å²) in [5.41, 5.74) is 1.21. The van der Waals surface area contributed by atoms with Gasteiger partial charge in [-0.3, -0.25) is 14.4 Å². The van der Waals surface area contributed by atoms with E-state index in [2.05, 4.69) is 6.92 Å². The molecule has 1 aromatic heterocycles. The molecule has 0 unspecified atom stereocenters. The van der Waals surface area contributed by atoms with Gasteiger partial charge in [0.15, 0.2) is 0 Å². The summed E-state index contributed by atoms with van der Waals surface area (Å²) in [6, 6.07) is 7.52. The van der Waals surface area contributed by atoms with Crippen molar-refractivity contribution in [3.8, 4) is 0 Å². The first-order valence-electron chi connectivity index (χ1n) is 11.1. The summed E-state index contributed by atoms with van der Waals surface area (Å²) < 4.78 is 1.83. The summed E-state index contributed by atoms with van der Waals surface area (Å²) in [6.45, 7) is 7.94. The predicted molar refractivity (Wildman–Crippen MR) is 115 cm³/mol. The predicted octanol–water partition coefficient (Wildman–Crippen LogP) is 0.584. The Morgan fingerprint density at radius 3 is 2.33 bits per heavy atom. The second-order valence-corrected chi connectivity index (χ2v) is 8.35. The van der Waals surface area contributed by atoms with Crippen LogP contribution >= 0.6 is 0 Å². The van der Waals surface area contributed by atoms with Crippen molar-refractivity contribution >= 4 is 28.5 Å². The Kier molecular flexibility index (Phi) is 6.18. The van der Waals surface area contributed by atoms with Crippen LogP contribution in [0.1, 0.15) is 36.5 Å². The standard InChI is InChI=1S/C23H30N4O3/c1-2-24-12-14-26(15-13-24)23(30)22(29)19-16-27(20-9-5-4-8-18(19)20)17-21(28)25-10-6-3-7-11-25/h4-5,8-9,16H,2-3,6-7,10-15,17H2,1H3/p+1. The number of nitrogens with zero attached hydrogens (tertiary/aromatic N) is 3. The molecule has 2 aromatic rings. The number of quaternary nitrogens is 1. The maximum Gasteiger partial charge on any atom is 0.295 e. The molecule has 0 saturated carbocycles. The number of hydrogen-bond acceptors (Lipinski definition) is 3. The molecule has 2 aliphatic rings. The lowest BCUT2D eigenvalue weighted by Crippen LogP contribution is -3.14. The molecule has 160 valence electrons. The molecule has 2 fully saturated rings. The fourth-order valence-electron chi connectivity index (χ4n) is 4.59. The molecule has 7 heteroatoms. The van der Waals surface area contributed by atoms with Crippen molar-refractivity contribution in [1.29, 1.82) is 0 Å². The number of carbonyl (C=O) groups is 3. The van der Waals surface area contributed by atoms with Gasteiger partial charge in [-0.15, -0.1) is 0 Å². The van der Waals surface area contributed by atoms with Crippen molar-refractivity contribution in [1.82, 2.24) is 14.4 Å². The molecule has 30 heavy (non-hydrogen) atoms. The maximum absolute atomic E-state index is 13.1. The lowest BCUT2D eigenvalue weighted by atomic mass is 10.1. The monoisotopic (exact) mass is 411 g/mol. The zero-order valence-corrected chi connectivity index (χ0v) is 17.7. The maximum atomic E-state index is 13.1. The Labute approximate surface area is 177 Å². The molecule has 0 bridgehead atoms. The van der Waals surface area contributed by atoms with Crippen molar-refractivity contribution in [2.24, 2.45) is 0 Å². The van der Waals surface area contributed by atoms with Gasteiger partial charge in [0.1, 0.15) is 6.54 Å². The van der Waals surface area contributed by atoms with E-state index in [4.69, 9.17) is 0 Å². The Morgan fingerprint density at radius 1 is 0.933 bits per heavy atom. The van der Waals surface area contributed by atoms with Crippen LogP contribution in [0.2, 0.25) is 0 Å². The van der Waals surface area contributed by atoms with E-state index in [-0.39, 0.29) is 12.5 Å². The number of ketones is 1. The summed E-state index contributed by atoms with van der Waals surface area (Å²) >= 11 is 0. The number of fused-ring (bicyclic) bond motifs is 1. The van der Waals surface area contributed by atoms with E-state index in [9.17, 15) is 14.4 Å². The highest BCUT2D eigenvalue weighted by Crippen LogP contribution is 2.23. The van der Waals surface area contributed by atoms with Crippen LogP contribution in [0, 0.1) is 0 Å². The third-order valence-electron chi connectivity index (χ3n) is 6.50. The minimum Gasteiger partial charge on any atom is -0.341 e. The van der Waals surface area contributed by atoms with Gasteiger partial charge in [-0.1, -0.05) is 18.2 Å². The first-order valence-corrected chi connectivity index (χ1v) is 11.1. The third-order valence-corrected chi connectivity index (χ3v) is 6.50. The summed E-state index contributed by atoms with van der Waals surface area (Å²) in [5.74, 6) is -0.842. The Morgan fingerprint density at radius 2 is 1.63 bits per heavy atom. The summed E-state index contributed by atoms with van der Waals surface area (Å²) in [7, 11) is 0. The van der Waals surface area contributed by atoms with Crippen molar-refractivity contribution in [3.63, 3.8) is 0 Å². The van der Waals surface area contributed by atoms with Gasteiger partial charge in [-0.2, -0.15) is 0 Å². The van der Waals surface area contributed by atoms with E-state index < -0.39 is 11.7 Å². The zero-order chi connectivity index (χ0) is 21.1. The lowest BCUT2D eigenvalue weighted by Gasteiger charge is -2.31. The fraction of sp³-hybridized carbons (Fsp3) is 0.522. The van der Waals surface area contributed by atoms with Crippen molar-refractivity contribution in [2.45, 2.75) is 32.7 Å². The number of rotatable bonds is 5. The fourth-order valence-corrected chi connectivity index (χ4v) is 4.59. The molecule has 1 N–H and O–H groups in total. The number of aromatic nitrogens is 1. The molecule has 3 heterocycles. The minimum atomic E-state index is -0.477. The van der Waals surface area contributed by atoms with Crippen molar-refractivity contribution in [3.05, 3.63) is 36.0 Å². The molecule has 1 aromatic carbocycles. The van der Waals surface area contributed by atoms with Crippen LogP contribution in [0.15, 0.2) is 30.5 Å². The molecular weight excluding hydrogens is 380 g/mol. The largest absolute Gasteiger partial charge is 0.341 e. The SMILES string of the molecule is CC[NH+]1CCN(C(=O)C(=O)c2cn(CC(=O)N3CCCCC3)c3ccccc23)CC1. The van der Waals surface area contributed by atoms with E-state index in [1.165, 1.54) is 11.3 Å². The summed E-state index contributed by atoms with van der Waals surface area (Å²) in [6.07, 6.45) is 4.96. The number of carbonyl (C=O) groups excluding carboxylic acids is 3. The Balaban J connectivity index is 1.55. The van der Waals surface area contributed by atoms with Crippen LogP contribution in [0.5, 0.6) is 0 Å². The average molecular weight is 412 g/mol. The number of hydrogen-bond donors (Lipinski definition) is 1. The molecule has 0 radical (unpaired) electrons. The first kappa shape index (κ1) is 20.6. The van der Waals surface area contributed by atoms with Crippen molar-refractivity contribution in [2.75, 3.05) is 45.8 Å². The highest BCUT2D eigenvalue weighted by molar-refractivity contribution is 6.44. The molecular formula is C23H31N4O3+. The molecule has 7 nitrogen and oxygen atoms in total. The van der Waals surface area contributed by atoms with Crippen molar-refractivity contribution < 1.29 is 19.3 Å². The Hall–Kier alpha value is -2.67. The van der Waals surface area contributed by atoms with E-state index in [1.54, 1.807) is 11.1 Å². The number of Topliss-reactive ketones (excluding diaryl/α,β-unsaturated/α-hetero) is 1. The van der Waals surface area contributed by atoms with Gasteiger partial charge in [0.05, 0.1) is 38.3 Å². The summed E-state index contributed by atoms with van der Waals surface area (Å²) in [4.78, 5) is 43.8. The molecule has 2 saturated heterocycles. The van der Waals surface area contributed by atoms with Gasteiger partial charge in [-0.05, 0) is 32.3 Å². The number of likely N-dealkylation sites (tertiary alicyclic amines) is 1. The van der Waals surface area contributed by atoms with Crippen LogP contribution in [-0.4, -0.2) is 77.8 Å². The quantitative estimate of drug-likeness (QED) is 0.578. The number of likely N-dealkylation sites (N-methyl/N-ethyl adjacent to an activating group) is 1. The number of piperazine rings is 1. The van der Waals surface area contributed by atoms with E-state index in [1.807, 2.05) is 33.7 Å². The van der Waals surface area contributed by atoms with Gasteiger partial charge < -0.3 is 19.3 Å². The second-order valence-electron chi connectivity index (χ2n) is 8.35. The number of para-hydroxylation sites is 1. The highest BCUT2D eigenvalue weighted by Gasteiger charge is 2.30. The van der Waals surface area contributed by atoms with Crippen LogP contribution < -0.4 is 4.90 Å². The third kappa shape index (κ3) is 4.12. The van der Waals surface area contributed by atoms with Crippen LogP contribution in [0.25, 0.3) is 10.9 Å². The summed E-state index contributed by atoms with van der Waals surface area (Å²) in [5, 5.41) is 0.736. The van der Waals surface area contributed by atoms with E-state index in [0.717, 1.165) is 56.5 Å². The van der Waals surface area contributed by atoms with Gasteiger partial charge in [0.25, 0.3) is 11.7 Å². The topological polar surface area (TPSA) is 67.1 Å². The molecule has 2 amide bonds. The van der Waals surface area contributed by atoms with Crippen LogP contribution in [0.3, 0.4) is 0 Å². The number of amides is 2. The number of benzene rings is 1. The molecule has 0 aliphatic carbocycles. The lowest BCUT2D eigenvalue weighted by molar-refractivity contribution is -0.902. The first-order chi connectivity index (χ1) is 14.6.